The molecule has 6 nitrogen and oxygen atoms in total. The van der Waals surface area contributed by atoms with E-state index < -0.39 is 11.5 Å². The van der Waals surface area contributed by atoms with Gasteiger partial charge in [0.1, 0.15) is 5.56 Å². The number of pyridine rings is 1. The number of hydrogen-bond donors (Lipinski definition) is 3. The van der Waals surface area contributed by atoms with Crippen molar-refractivity contribution in [1.29, 1.82) is 0 Å². The van der Waals surface area contributed by atoms with Crippen LogP contribution in [0.4, 0.5) is 11.4 Å². The third-order valence-corrected chi connectivity index (χ3v) is 4.36. The molecular formula is C22H21N3O3. The van der Waals surface area contributed by atoms with Crippen LogP contribution >= 0.6 is 0 Å². The molecule has 2 aromatic carbocycles. The van der Waals surface area contributed by atoms with E-state index in [1.165, 1.54) is 6.07 Å². The molecular weight excluding hydrogens is 354 g/mol. The average Bonchev–Trinajstić information content (AvgIpc) is 2.64. The predicted molar refractivity (Wildman–Crippen MR) is 110 cm³/mol. The molecule has 142 valence electrons. The highest BCUT2D eigenvalue weighted by molar-refractivity contribution is 6.06. The zero-order valence-electron chi connectivity index (χ0n) is 15.9. The van der Waals surface area contributed by atoms with Crippen molar-refractivity contribution < 1.29 is 9.59 Å². The van der Waals surface area contributed by atoms with Crippen LogP contribution in [0.2, 0.25) is 0 Å². The number of benzene rings is 2. The fourth-order valence-electron chi connectivity index (χ4n) is 2.68. The van der Waals surface area contributed by atoms with Gasteiger partial charge in [-0.05, 0) is 62.7 Å². The molecule has 0 atom stereocenters. The second kappa shape index (κ2) is 7.92. The number of nitrogens with one attached hydrogen (secondary N) is 3. The second-order valence-corrected chi connectivity index (χ2v) is 6.69. The first-order chi connectivity index (χ1) is 13.3. The van der Waals surface area contributed by atoms with Crippen LogP contribution < -0.4 is 16.2 Å². The number of H-pyrrole nitrogens is 1. The summed E-state index contributed by atoms with van der Waals surface area (Å²) in [4.78, 5) is 39.4. The lowest BCUT2D eigenvalue weighted by atomic mass is 10.1. The third-order valence-electron chi connectivity index (χ3n) is 4.36. The molecule has 0 radical (unpaired) electrons. The van der Waals surface area contributed by atoms with E-state index in [1.807, 2.05) is 26.0 Å². The Morgan fingerprint density at radius 2 is 1.54 bits per heavy atom. The summed E-state index contributed by atoms with van der Waals surface area (Å²) in [7, 11) is 0. The zero-order valence-corrected chi connectivity index (χ0v) is 15.9. The molecule has 28 heavy (non-hydrogen) atoms. The Kier molecular flexibility index (Phi) is 5.40. The van der Waals surface area contributed by atoms with E-state index >= 15 is 0 Å². The quantitative estimate of drug-likeness (QED) is 0.648. The average molecular weight is 375 g/mol. The fourth-order valence-corrected chi connectivity index (χ4v) is 2.68. The first kappa shape index (κ1) is 19.1. The molecule has 0 aliphatic heterocycles. The van der Waals surface area contributed by atoms with Crippen molar-refractivity contribution >= 4 is 23.2 Å². The minimum absolute atomic E-state index is 0.0245. The molecule has 0 saturated heterocycles. The number of anilines is 2. The first-order valence-electron chi connectivity index (χ1n) is 8.83. The standard InChI is InChI=1S/C22H21N3O3/c1-13-4-8-16(9-5-13)20(26)25-19-12-17(10-6-14(19)2)24-22(28)18-11-7-15(3)23-21(18)27/h4-12H,1-3H3,(H,23,27)(H,24,28)(H,25,26). The lowest BCUT2D eigenvalue weighted by Crippen LogP contribution is -2.23. The molecule has 0 bridgehead atoms. The topological polar surface area (TPSA) is 91.1 Å². The number of amides is 2. The normalized spacial score (nSPS) is 10.4. The van der Waals surface area contributed by atoms with Gasteiger partial charge in [0.2, 0.25) is 0 Å². The number of hydrogen-bond acceptors (Lipinski definition) is 3. The molecule has 2 amide bonds. The summed E-state index contributed by atoms with van der Waals surface area (Å²) >= 11 is 0. The van der Waals surface area contributed by atoms with Gasteiger partial charge >= 0.3 is 0 Å². The Bertz CT molecular complexity index is 1100. The van der Waals surface area contributed by atoms with E-state index in [-0.39, 0.29) is 11.5 Å². The van der Waals surface area contributed by atoms with Gasteiger partial charge < -0.3 is 15.6 Å². The highest BCUT2D eigenvalue weighted by Gasteiger charge is 2.13. The van der Waals surface area contributed by atoms with Gasteiger partial charge in [0.05, 0.1) is 0 Å². The summed E-state index contributed by atoms with van der Waals surface area (Å²) in [6.07, 6.45) is 0. The second-order valence-electron chi connectivity index (χ2n) is 6.69. The number of aromatic amines is 1. The highest BCUT2D eigenvalue weighted by atomic mass is 16.2. The van der Waals surface area contributed by atoms with Gasteiger partial charge in [-0.3, -0.25) is 14.4 Å². The Labute approximate surface area is 162 Å². The minimum Gasteiger partial charge on any atom is -0.326 e. The van der Waals surface area contributed by atoms with E-state index in [2.05, 4.69) is 15.6 Å². The highest BCUT2D eigenvalue weighted by Crippen LogP contribution is 2.21. The zero-order chi connectivity index (χ0) is 20.3. The van der Waals surface area contributed by atoms with Gasteiger partial charge in [-0.25, -0.2) is 0 Å². The number of rotatable bonds is 4. The molecule has 0 unspecified atom stereocenters. The van der Waals surface area contributed by atoms with Crippen LogP contribution in [-0.2, 0) is 0 Å². The number of carbonyl (C=O) groups excluding carboxylic acids is 2. The van der Waals surface area contributed by atoms with Crippen molar-refractivity contribution in [3.05, 3.63) is 92.9 Å². The summed E-state index contributed by atoms with van der Waals surface area (Å²) in [5.74, 6) is -0.748. The van der Waals surface area contributed by atoms with E-state index in [9.17, 15) is 14.4 Å². The molecule has 3 N–H and O–H groups in total. The minimum atomic E-state index is -0.513. The van der Waals surface area contributed by atoms with Crippen LogP contribution in [0.3, 0.4) is 0 Å². The lowest BCUT2D eigenvalue weighted by molar-refractivity contribution is 0.101. The maximum Gasteiger partial charge on any atom is 0.261 e. The van der Waals surface area contributed by atoms with E-state index in [0.29, 0.717) is 22.6 Å². The van der Waals surface area contributed by atoms with Crippen LogP contribution in [0.1, 0.15) is 37.5 Å². The molecule has 1 heterocycles. The number of aryl methyl sites for hydroxylation is 3. The van der Waals surface area contributed by atoms with Crippen molar-refractivity contribution in [2.75, 3.05) is 10.6 Å². The van der Waals surface area contributed by atoms with Gasteiger partial charge in [0, 0.05) is 22.6 Å². The number of aromatic nitrogens is 1. The van der Waals surface area contributed by atoms with Gasteiger partial charge in [0.15, 0.2) is 0 Å². The van der Waals surface area contributed by atoms with Crippen LogP contribution in [0.25, 0.3) is 0 Å². The van der Waals surface area contributed by atoms with Gasteiger partial charge in [-0.15, -0.1) is 0 Å². The Morgan fingerprint density at radius 1 is 0.821 bits per heavy atom. The molecule has 3 aromatic rings. The maximum atomic E-state index is 12.5. The summed E-state index contributed by atoms with van der Waals surface area (Å²) < 4.78 is 0. The molecule has 0 aliphatic carbocycles. The molecule has 0 fully saturated rings. The van der Waals surface area contributed by atoms with Crippen molar-refractivity contribution in [1.82, 2.24) is 4.98 Å². The van der Waals surface area contributed by atoms with E-state index in [1.54, 1.807) is 43.3 Å². The summed E-state index contributed by atoms with van der Waals surface area (Å²) in [6.45, 7) is 5.56. The van der Waals surface area contributed by atoms with Crippen LogP contribution in [-0.4, -0.2) is 16.8 Å². The van der Waals surface area contributed by atoms with Crippen molar-refractivity contribution in [2.24, 2.45) is 0 Å². The smallest absolute Gasteiger partial charge is 0.261 e. The van der Waals surface area contributed by atoms with Crippen LogP contribution in [0, 0.1) is 20.8 Å². The summed E-state index contributed by atoms with van der Waals surface area (Å²) in [6, 6.07) is 15.6. The monoisotopic (exact) mass is 375 g/mol. The van der Waals surface area contributed by atoms with Crippen molar-refractivity contribution in [2.45, 2.75) is 20.8 Å². The summed E-state index contributed by atoms with van der Waals surface area (Å²) in [5.41, 5.74) is 3.80. The Balaban J connectivity index is 1.79. The third kappa shape index (κ3) is 4.35. The largest absolute Gasteiger partial charge is 0.326 e. The molecule has 1 aromatic heterocycles. The molecule has 0 saturated carbocycles. The van der Waals surface area contributed by atoms with Crippen molar-refractivity contribution in [3.63, 3.8) is 0 Å². The molecule has 0 aliphatic rings. The van der Waals surface area contributed by atoms with Crippen LogP contribution in [0.5, 0.6) is 0 Å². The van der Waals surface area contributed by atoms with E-state index in [4.69, 9.17) is 0 Å². The Morgan fingerprint density at radius 3 is 2.21 bits per heavy atom. The van der Waals surface area contributed by atoms with Crippen molar-refractivity contribution in [3.8, 4) is 0 Å². The van der Waals surface area contributed by atoms with Gasteiger partial charge in [0.25, 0.3) is 17.4 Å². The van der Waals surface area contributed by atoms with Gasteiger partial charge in [-0.1, -0.05) is 23.8 Å². The predicted octanol–water partition coefficient (Wildman–Crippen LogP) is 3.80. The lowest BCUT2D eigenvalue weighted by Gasteiger charge is -2.12. The van der Waals surface area contributed by atoms with E-state index in [0.717, 1.165) is 11.1 Å². The SMILES string of the molecule is Cc1ccc(C(=O)Nc2cc(NC(=O)c3ccc(C)[nH]c3=O)ccc2C)cc1. The van der Waals surface area contributed by atoms with Crippen LogP contribution in [0.15, 0.2) is 59.4 Å². The molecule has 6 heteroatoms. The maximum absolute atomic E-state index is 12.5. The Hall–Kier alpha value is -3.67. The number of carbonyl (C=O) groups is 2. The first-order valence-corrected chi connectivity index (χ1v) is 8.83. The molecule has 3 rings (SSSR count). The molecule has 0 spiro atoms. The van der Waals surface area contributed by atoms with Gasteiger partial charge in [-0.2, -0.15) is 0 Å². The fraction of sp³-hybridized carbons (Fsp3) is 0.136. The summed E-state index contributed by atoms with van der Waals surface area (Å²) in [5, 5.41) is 5.56.